The number of hydrogen-bond donors (Lipinski definition) is 0. The first-order valence-corrected chi connectivity index (χ1v) is 5.55. The lowest BCUT2D eigenvalue weighted by molar-refractivity contribution is 0.219. The highest BCUT2D eigenvalue weighted by Crippen LogP contribution is 2.24. The summed E-state index contributed by atoms with van der Waals surface area (Å²) in [5.74, 6) is -0.664. The molecule has 1 aliphatic rings. The normalized spacial score (nSPS) is 15.5. The molecule has 2 rings (SSSR count). The first-order valence-electron chi connectivity index (χ1n) is 5.18. The van der Waals surface area contributed by atoms with Gasteiger partial charge >= 0.3 is 0 Å². The van der Waals surface area contributed by atoms with Gasteiger partial charge in [0.1, 0.15) is 6.61 Å². The third kappa shape index (κ3) is 3.02. The van der Waals surface area contributed by atoms with Crippen LogP contribution in [0.15, 0.2) is 6.20 Å². The molecule has 0 atom stereocenters. The second kappa shape index (κ2) is 4.93. The summed E-state index contributed by atoms with van der Waals surface area (Å²) in [4.78, 5) is 9.37. The summed E-state index contributed by atoms with van der Waals surface area (Å²) < 4.78 is 18.4. The standard InChI is InChI=1S/C10H13ClFN3O/c1-15(7-2-3-7)4-5-16-9-8(12)6-13-10(11)14-9/h6-7H,2-5H2,1H3. The molecule has 0 aromatic carbocycles. The van der Waals surface area contributed by atoms with Crippen molar-refractivity contribution in [2.24, 2.45) is 0 Å². The average molecular weight is 246 g/mol. The summed E-state index contributed by atoms with van der Waals surface area (Å²) in [6.45, 7) is 1.16. The van der Waals surface area contributed by atoms with E-state index in [0.29, 0.717) is 12.6 Å². The van der Waals surface area contributed by atoms with E-state index >= 15 is 0 Å². The van der Waals surface area contributed by atoms with Crippen molar-refractivity contribution in [2.45, 2.75) is 18.9 Å². The van der Waals surface area contributed by atoms with Crippen LogP contribution in [0.4, 0.5) is 4.39 Å². The van der Waals surface area contributed by atoms with Crippen LogP contribution >= 0.6 is 11.6 Å². The molecule has 1 aromatic heterocycles. The Morgan fingerprint density at radius 2 is 2.38 bits per heavy atom. The Kier molecular flexibility index (Phi) is 3.56. The van der Waals surface area contributed by atoms with Gasteiger partial charge in [0.05, 0.1) is 6.20 Å². The van der Waals surface area contributed by atoms with E-state index < -0.39 is 5.82 Å². The van der Waals surface area contributed by atoms with Gasteiger partial charge < -0.3 is 9.64 Å². The molecule has 1 saturated carbocycles. The highest BCUT2D eigenvalue weighted by Gasteiger charge is 2.25. The fourth-order valence-corrected chi connectivity index (χ4v) is 1.54. The van der Waals surface area contributed by atoms with E-state index in [1.165, 1.54) is 12.8 Å². The van der Waals surface area contributed by atoms with E-state index in [9.17, 15) is 4.39 Å². The van der Waals surface area contributed by atoms with Crippen molar-refractivity contribution in [3.63, 3.8) is 0 Å². The number of aromatic nitrogens is 2. The molecule has 1 aliphatic carbocycles. The second-order valence-electron chi connectivity index (χ2n) is 3.85. The maximum absolute atomic E-state index is 13.1. The summed E-state index contributed by atoms with van der Waals surface area (Å²) in [5.41, 5.74) is 0. The number of likely N-dealkylation sites (N-methyl/N-ethyl adjacent to an activating group) is 1. The minimum Gasteiger partial charge on any atom is -0.474 e. The number of rotatable bonds is 5. The van der Waals surface area contributed by atoms with Crippen LogP contribution in [0.25, 0.3) is 0 Å². The molecule has 1 fully saturated rings. The lowest BCUT2D eigenvalue weighted by Crippen LogP contribution is -2.26. The Balaban J connectivity index is 1.81. The Bertz CT molecular complexity index is 373. The second-order valence-corrected chi connectivity index (χ2v) is 4.19. The van der Waals surface area contributed by atoms with Gasteiger partial charge in [-0.2, -0.15) is 9.37 Å². The summed E-state index contributed by atoms with van der Waals surface area (Å²) in [6, 6.07) is 0.669. The molecule has 0 radical (unpaired) electrons. The van der Waals surface area contributed by atoms with Gasteiger partial charge in [-0.3, -0.25) is 0 Å². The molecule has 1 heterocycles. The highest BCUT2D eigenvalue weighted by molar-refractivity contribution is 6.28. The van der Waals surface area contributed by atoms with Gasteiger partial charge in [0, 0.05) is 12.6 Å². The maximum Gasteiger partial charge on any atom is 0.254 e. The molecule has 0 N–H and O–H groups in total. The third-order valence-electron chi connectivity index (χ3n) is 2.54. The monoisotopic (exact) mass is 245 g/mol. The van der Waals surface area contributed by atoms with Crippen LogP contribution in [-0.4, -0.2) is 41.1 Å². The largest absolute Gasteiger partial charge is 0.474 e. The van der Waals surface area contributed by atoms with Crippen LogP contribution in [0.5, 0.6) is 5.88 Å². The molecule has 0 aliphatic heterocycles. The number of hydrogen-bond acceptors (Lipinski definition) is 4. The number of halogens is 2. The van der Waals surface area contributed by atoms with Gasteiger partial charge in [0.25, 0.3) is 5.88 Å². The minimum absolute atomic E-state index is 0.00746. The van der Waals surface area contributed by atoms with E-state index in [1.54, 1.807) is 0 Å². The van der Waals surface area contributed by atoms with Gasteiger partial charge in [-0.25, -0.2) is 4.98 Å². The molecule has 4 nitrogen and oxygen atoms in total. The van der Waals surface area contributed by atoms with Crippen molar-refractivity contribution in [3.8, 4) is 5.88 Å². The molecular weight excluding hydrogens is 233 g/mol. The summed E-state index contributed by atoms with van der Waals surface area (Å²) in [5, 5.41) is -0.00746. The van der Waals surface area contributed by atoms with E-state index in [2.05, 4.69) is 14.9 Å². The molecular formula is C10H13ClFN3O. The predicted molar refractivity (Wildman–Crippen MR) is 58.1 cm³/mol. The van der Waals surface area contributed by atoms with Crippen molar-refractivity contribution >= 4 is 11.6 Å². The van der Waals surface area contributed by atoms with Crippen molar-refractivity contribution in [3.05, 3.63) is 17.3 Å². The average Bonchev–Trinajstić information content (AvgIpc) is 3.06. The first kappa shape index (κ1) is 11.5. The van der Waals surface area contributed by atoms with Crippen LogP contribution in [0.3, 0.4) is 0 Å². The van der Waals surface area contributed by atoms with Gasteiger partial charge in [0.15, 0.2) is 0 Å². The molecule has 6 heteroatoms. The fourth-order valence-electron chi connectivity index (χ4n) is 1.42. The van der Waals surface area contributed by atoms with Gasteiger partial charge in [0.2, 0.25) is 11.1 Å². The number of nitrogens with zero attached hydrogens (tertiary/aromatic N) is 3. The van der Waals surface area contributed by atoms with E-state index in [-0.39, 0.29) is 11.2 Å². The zero-order chi connectivity index (χ0) is 11.5. The lowest BCUT2D eigenvalue weighted by Gasteiger charge is -2.15. The fraction of sp³-hybridized carbons (Fsp3) is 0.600. The zero-order valence-corrected chi connectivity index (χ0v) is 9.74. The SMILES string of the molecule is CN(CCOc1nc(Cl)ncc1F)C1CC1. The van der Waals surface area contributed by atoms with Crippen molar-refractivity contribution in [1.29, 1.82) is 0 Å². The first-order chi connectivity index (χ1) is 7.66. The summed E-state index contributed by atoms with van der Waals surface area (Å²) in [7, 11) is 2.03. The van der Waals surface area contributed by atoms with Gasteiger partial charge in [-0.05, 0) is 31.5 Å². The van der Waals surface area contributed by atoms with E-state index in [1.807, 2.05) is 7.05 Å². The molecule has 0 spiro atoms. The molecule has 16 heavy (non-hydrogen) atoms. The van der Waals surface area contributed by atoms with Gasteiger partial charge in [-0.15, -0.1) is 0 Å². The highest BCUT2D eigenvalue weighted by atomic mass is 35.5. The Hall–Kier alpha value is -0.940. The van der Waals surface area contributed by atoms with Crippen molar-refractivity contribution in [2.75, 3.05) is 20.2 Å². The smallest absolute Gasteiger partial charge is 0.254 e. The van der Waals surface area contributed by atoms with Crippen molar-refractivity contribution in [1.82, 2.24) is 14.9 Å². The van der Waals surface area contributed by atoms with Crippen LogP contribution < -0.4 is 4.74 Å². The summed E-state index contributed by atoms with van der Waals surface area (Å²) in [6.07, 6.45) is 3.49. The topological polar surface area (TPSA) is 38.2 Å². The quantitative estimate of drug-likeness (QED) is 0.741. The third-order valence-corrected chi connectivity index (χ3v) is 2.72. The molecule has 0 amide bonds. The lowest BCUT2D eigenvalue weighted by atomic mass is 10.5. The Morgan fingerprint density at radius 3 is 3.06 bits per heavy atom. The van der Waals surface area contributed by atoms with Crippen LogP contribution in [-0.2, 0) is 0 Å². The molecule has 88 valence electrons. The maximum atomic E-state index is 13.1. The molecule has 1 aromatic rings. The Morgan fingerprint density at radius 1 is 1.62 bits per heavy atom. The van der Waals surface area contributed by atoms with Crippen molar-refractivity contribution < 1.29 is 9.13 Å². The van der Waals surface area contributed by atoms with Crippen LogP contribution in [0.1, 0.15) is 12.8 Å². The van der Waals surface area contributed by atoms with E-state index in [4.69, 9.17) is 16.3 Å². The summed E-state index contributed by atoms with van der Waals surface area (Å²) >= 11 is 5.54. The minimum atomic E-state index is -0.585. The zero-order valence-electron chi connectivity index (χ0n) is 8.99. The van der Waals surface area contributed by atoms with Crippen LogP contribution in [0.2, 0.25) is 5.28 Å². The predicted octanol–water partition coefficient (Wildman–Crippen LogP) is 1.74. The van der Waals surface area contributed by atoms with E-state index in [0.717, 1.165) is 12.7 Å². The molecule has 0 bridgehead atoms. The van der Waals surface area contributed by atoms with Gasteiger partial charge in [-0.1, -0.05) is 0 Å². The molecule has 0 saturated heterocycles. The van der Waals surface area contributed by atoms with Crippen LogP contribution in [0, 0.1) is 5.82 Å². The number of ether oxygens (including phenoxy) is 1. The molecule has 0 unspecified atom stereocenters. The Labute approximate surface area is 98.4 Å².